The minimum atomic E-state index is -0.615. The predicted molar refractivity (Wildman–Crippen MR) is 102 cm³/mol. The highest BCUT2D eigenvalue weighted by molar-refractivity contribution is 5.70. The molecule has 2 rings (SSSR count). The van der Waals surface area contributed by atoms with Crippen LogP contribution in [0.25, 0.3) is 0 Å². The molecule has 0 atom stereocenters. The summed E-state index contributed by atoms with van der Waals surface area (Å²) in [7, 11) is 1.75. The van der Waals surface area contributed by atoms with Crippen molar-refractivity contribution >= 4 is 5.97 Å². The van der Waals surface area contributed by atoms with E-state index in [0.717, 1.165) is 45.1 Å². The van der Waals surface area contributed by atoms with Crippen molar-refractivity contribution in [1.29, 1.82) is 0 Å². The monoisotopic (exact) mass is 346 g/mol. The van der Waals surface area contributed by atoms with E-state index in [1.54, 1.807) is 7.11 Å². The smallest absolute Gasteiger partial charge is 0.306 e. The Kier molecular flexibility index (Phi) is 7.95. The first-order valence-electron chi connectivity index (χ1n) is 9.92. The molecule has 1 aliphatic carbocycles. The first-order valence-corrected chi connectivity index (χ1v) is 9.92. The molecule has 140 valence electrons. The van der Waals surface area contributed by atoms with Crippen LogP contribution < -0.4 is 0 Å². The van der Waals surface area contributed by atoms with Crippen LogP contribution in [0.2, 0.25) is 0 Å². The highest BCUT2D eigenvalue weighted by atomic mass is 16.5. The lowest BCUT2D eigenvalue weighted by Crippen LogP contribution is -2.34. The quantitative estimate of drug-likeness (QED) is 0.580. The van der Waals surface area contributed by atoms with Crippen molar-refractivity contribution in [3.63, 3.8) is 0 Å². The van der Waals surface area contributed by atoms with Crippen LogP contribution in [0.5, 0.6) is 0 Å². The average molecular weight is 347 g/mol. The van der Waals surface area contributed by atoms with Gasteiger partial charge in [0, 0.05) is 13.7 Å². The molecule has 0 spiro atoms. The lowest BCUT2D eigenvalue weighted by Gasteiger charge is -2.40. The maximum absolute atomic E-state index is 11.3. The van der Waals surface area contributed by atoms with Gasteiger partial charge in [-0.3, -0.25) is 4.79 Å². The molecule has 0 radical (unpaired) electrons. The molecule has 1 aliphatic rings. The number of carboxylic acids is 1. The second-order valence-electron chi connectivity index (χ2n) is 7.64. The number of ether oxygens (including phenoxy) is 1. The molecule has 0 saturated heterocycles. The lowest BCUT2D eigenvalue weighted by molar-refractivity contribution is -0.143. The summed E-state index contributed by atoms with van der Waals surface area (Å²) in [6.45, 7) is 3.04. The molecule has 3 heteroatoms. The minimum absolute atomic E-state index is 0.146. The summed E-state index contributed by atoms with van der Waals surface area (Å²) in [4.78, 5) is 11.3. The van der Waals surface area contributed by atoms with Gasteiger partial charge >= 0.3 is 5.97 Å². The van der Waals surface area contributed by atoms with Gasteiger partial charge in [0.1, 0.15) is 0 Å². The Labute approximate surface area is 152 Å². The molecule has 0 unspecified atom stereocenters. The molecular weight excluding hydrogens is 312 g/mol. The number of hydrogen-bond acceptors (Lipinski definition) is 2. The van der Waals surface area contributed by atoms with Crippen LogP contribution in [0.4, 0.5) is 0 Å². The summed E-state index contributed by atoms with van der Waals surface area (Å²) in [6.07, 6.45) is 10.7. The molecular formula is C22H34O3. The second kappa shape index (κ2) is 9.96. The molecule has 1 aromatic rings. The fraction of sp³-hybridized carbons (Fsp3) is 0.682. The van der Waals surface area contributed by atoms with Gasteiger partial charge in [-0.15, -0.1) is 0 Å². The average Bonchev–Trinajstić information content (AvgIpc) is 2.63. The highest BCUT2D eigenvalue weighted by Crippen LogP contribution is 2.45. The molecule has 0 aliphatic heterocycles. The molecule has 1 fully saturated rings. The van der Waals surface area contributed by atoms with Gasteiger partial charge in [-0.25, -0.2) is 0 Å². The van der Waals surface area contributed by atoms with Gasteiger partial charge in [0.2, 0.25) is 0 Å². The fourth-order valence-electron chi connectivity index (χ4n) is 4.26. The normalized spacial score (nSPS) is 23.5. The van der Waals surface area contributed by atoms with E-state index in [2.05, 4.69) is 31.2 Å². The number of benzene rings is 1. The zero-order valence-electron chi connectivity index (χ0n) is 15.9. The minimum Gasteiger partial charge on any atom is -0.481 e. The van der Waals surface area contributed by atoms with Crippen LogP contribution in [0.1, 0.15) is 75.8 Å². The predicted octanol–water partition coefficient (Wildman–Crippen LogP) is 5.36. The molecule has 1 saturated carbocycles. The molecule has 1 N–H and O–H groups in total. The molecule has 0 aromatic heterocycles. The Morgan fingerprint density at radius 2 is 1.84 bits per heavy atom. The van der Waals surface area contributed by atoms with Gasteiger partial charge in [-0.05, 0) is 61.5 Å². The number of hydrogen-bond donors (Lipinski definition) is 1. The Hall–Kier alpha value is -1.35. The van der Waals surface area contributed by atoms with E-state index in [9.17, 15) is 9.90 Å². The Morgan fingerprint density at radius 1 is 1.16 bits per heavy atom. The van der Waals surface area contributed by atoms with Gasteiger partial charge in [0.15, 0.2) is 0 Å². The number of carboxylic acid groups (broad SMARTS) is 1. The second-order valence-corrected chi connectivity index (χ2v) is 7.64. The SMILES string of the molecule is CCCCCC1(c2ccc(CCCOC)cc2)CCC(C(=O)O)CC1. The topological polar surface area (TPSA) is 46.5 Å². The van der Waals surface area contributed by atoms with Crippen molar-refractivity contribution in [1.82, 2.24) is 0 Å². The number of methoxy groups -OCH3 is 1. The van der Waals surface area contributed by atoms with Gasteiger partial charge in [-0.1, -0.05) is 50.5 Å². The zero-order valence-corrected chi connectivity index (χ0v) is 15.9. The third kappa shape index (κ3) is 5.57. The number of rotatable bonds is 10. The lowest BCUT2D eigenvalue weighted by atomic mass is 9.64. The van der Waals surface area contributed by atoms with E-state index in [1.165, 1.54) is 36.8 Å². The van der Waals surface area contributed by atoms with Crippen molar-refractivity contribution in [3.05, 3.63) is 35.4 Å². The number of aliphatic carboxylic acids is 1. The summed E-state index contributed by atoms with van der Waals surface area (Å²) >= 11 is 0. The third-order valence-electron chi connectivity index (χ3n) is 5.93. The van der Waals surface area contributed by atoms with Gasteiger partial charge in [0.25, 0.3) is 0 Å². The van der Waals surface area contributed by atoms with Crippen molar-refractivity contribution in [2.24, 2.45) is 5.92 Å². The van der Waals surface area contributed by atoms with Gasteiger partial charge < -0.3 is 9.84 Å². The third-order valence-corrected chi connectivity index (χ3v) is 5.93. The maximum Gasteiger partial charge on any atom is 0.306 e. The van der Waals surface area contributed by atoms with Crippen molar-refractivity contribution < 1.29 is 14.6 Å². The molecule has 0 heterocycles. The zero-order chi connectivity index (χ0) is 18.1. The van der Waals surface area contributed by atoms with Crippen molar-refractivity contribution in [2.45, 2.75) is 76.5 Å². The van der Waals surface area contributed by atoms with E-state index < -0.39 is 5.97 Å². The van der Waals surface area contributed by atoms with Gasteiger partial charge in [-0.2, -0.15) is 0 Å². The Morgan fingerprint density at radius 3 is 2.40 bits per heavy atom. The maximum atomic E-state index is 11.3. The summed E-state index contributed by atoms with van der Waals surface area (Å²) in [6, 6.07) is 9.12. The molecule has 1 aromatic carbocycles. The fourth-order valence-corrected chi connectivity index (χ4v) is 4.26. The Bertz CT molecular complexity index is 513. The van der Waals surface area contributed by atoms with Crippen LogP contribution in [-0.2, 0) is 21.4 Å². The summed E-state index contributed by atoms with van der Waals surface area (Å²) < 4.78 is 5.13. The first-order chi connectivity index (χ1) is 12.1. The van der Waals surface area contributed by atoms with E-state index in [-0.39, 0.29) is 11.3 Å². The summed E-state index contributed by atoms with van der Waals surface area (Å²) in [5.41, 5.74) is 2.97. The van der Waals surface area contributed by atoms with Crippen LogP contribution in [-0.4, -0.2) is 24.8 Å². The summed E-state index contributed by atoms with van der Waals surface area (Å²) in [5.74, 6) is -0.761. The van der Waals surface area contributed by atoms with E-state index >= 15 is 0 Å². The largest absolute Gasteiger partial charge is 0.481 e. The standard InChI is InChI=1S/C22H34O3/c1-3-4-5-14-22(15-12-19(13-16-22)21(23)24)20-10-8-18(9-11-20)7-6-17-25-2/h8-11,19H,3-7,12-17H2,1-2H3,(H,23,24). The molecule has 0 bridgehead atoms. The molecule has 3 nitrogen and oxygen atoms in total. The van der Waals surface area contributed by atoms with Crippen LogP contribution in [0, 0.1) is 5.92 Å². The van der Waals surface area contributed by atoms with Crippen LogP contribution in [0.3, 0.4) is 0 Å². The van der Waals surface area contributed by atoms with Gasteiger partial charge in [0.05, 0.1) is 5.92 Å². The molecule has 0 amide bonds. The Balaban J connectivity index is 2.08. The van der Waals surface area contributed by atoms with Crippen LogP contribution in [0.15, 0.2) is 24.3 Å². The number of aryl methyl sites for hydroxylation is 1. The van der Waals surface area contributed by atoms with Crippen molar-refractivity contribution in [3.8, 4) is 0 Å². The van der Waals surface area contributed by atoms with Crippen LogP contribution >= 0.6 is 0 Å². The van der Waals surface area contributed by atoms with E-state index in [1.807, 2.05) is 0 Å². The number of carbonyl (C=O) groups is 1. The molecule has 25 heavy (non-hydrogen) atoms. The van der Waals surface area contributed by atoms with E-state index in [0.29, 0.717) is 0 Å². The van der Waals surface area contributed by atoms with Crippen molar-refractivity contribution in [2.75, 3.05) is 13.7 Å². The van der Waals surface area contributed by atoms with E-state index in [4.69, 9.17) is 4.74 Å². The first kappa shape index (κ1) is 20.0. The summed E-state index contributed by atoms with van der Waals surface area (Å²) in [5, 5.41) is 9.32. The highest BCUT2D eigenvalue weighted by Gasteiger charge is 2.38. The number of unbranched alkanes of at least 4 members (excludes halogenated alkanes) is 2.